The summed E-state index contributed by atoms with van der Waals surface area (Å²) in [6, 6.07) is 5.25. The predicted octanol–water partition coefficient (Wildman–Crippen LogP) is 0.924. The molecule has 1 fully saturated rings. The number of pyridine rings is 1. The molecule has 1 aliphatic rings. The standard InChI is InChI=1S/C18H20N6O4/c25-17(15-11-14(27-22-15)12-24-7-9-26-10-8-24)20-6-3-16-21-18(28-23-16)13-1-4-19-5-2-13/h1-2,4-5,11H,3,6-10,12H2,(H,20,25). The normalized spacial score (nSPS) is 14.9. The van der Waals surface area contributed by atoms with Crippen LogP contribution in [0.15, 0.2) is 39.6 Å². The van der Waals surface area contributed by atoms with E-state index in [0.717, 1.165) is 18.7 Å². The van der Waals surface area contributed by atoms with E-state index in [9.17, 15) is 4.79 Å². The Hall–Kier alpha value is -3.11. The van der Waals surface area contributed by atoms with Crippen molar-refractivity contribution in [1.29, 1.82) is 0 Å². The molecule has 1 N–H and O–H groups in total. The van der Waals surface area contributed by atoms with Gasteiger partial charge in [-0.3, -0.25) is 14.7 Å². The van der Waals surface area contributed by atoms with Gasteiger partial charge in [0.2, 0.25) is 0 Å². The summed E-state index contributed by atoms with van der Waals surface area (Å²) >= 11 is 0. The van der Waals surface area contributed by atoms with Crippen LogP contribution in [0.2, 0.25) is 0 Å². The fourth-order valence-electron chi connectivity index (χ4n) is 2.82. The number of carbonyl (C=O) groups is 1. The molecule has 0 bridgehead atoms. The van der Waals surface area contributed by atoms with Crippen LogP contribution in [0.5, 0.6) is 0 Å². The van der Waals surface area contributed by atoms with Crippen LogP contribution in [0, 0.1) is 0 Å². The lowest BCUT2D eigenvalue weighted by Crippen LogP contribution is -2.35. The molecule has 1 aliphatic heterocycles. The molecule has 4 heterocycles. The zero-order valence-corrected chi connectivity index (χ0v) is 15.2. The third-order valence-electron chi connectivity index (χ3n) is 4.30. The van der Waals surface area contributed by atoms with E-state index in [1.807, 2.05) is 0 Å². The van der Waals surface area contributed by atoms with Crippen molar-refractivity contribution in [3.63, 3.8) is 0 Å². The van der Waals surface area contributed by atoms with Crippen molar-refractivity contribution in [3.8, 4) is 11.5 Å². The summed E-state index contributed by atoms with van der Waals surface area (Å²) in [5, 5.41) is 10.6. The van der Waals surface area contributed by atoms with Gasteiger partial charge in [-0.1, -0.05) is 10.3 Å². The molecule has 0 saturated carbocycles. The molecular formula is C18H20N6O4. The van der Waals surface area contributed by atoms with Crippen LogP contribution in [0.4, 0.5) is 0 Å². The quantitative estimate of drug-likeness (QED) is 0.634. The van der Waals surface area contributed by atoms with Crippen molar-refractivity contribution in [1.82, 2.24) is 30.5 Å². The second-order valence-corrected chi connectivity index (χ2v) is 6.32. The maximum Gasteiger partial charge on any atom is 0.273 e. The number of rotatable bonds is 7. The molecule has 28 heavy (non-hydrogen) atoms. The summed E-state index contributed by atoms with van der Waals surface area (Å²) in [7, 11) is 0. The van der Waals surface area contributed by atoms with E-state index in [1.165, 1.54) is 0 Å². The Labute approximate surface area is 160 Å². The zero-order valence-electron chi connectivity index (χ0n) is 15.2. The summed E-state index contributed by atoms with van der Waals surface area (Å²) in [5.74, 6) is 1.30. The Morgan fingerprint density at radius 2 is 1.96 bits per heavy atom. The summed E-state index contributed by atoms with van der Waals surface area (Å²) in [6.45, 7) is 4.08. The second kappa shape index (κ2) is 8.72. The van der Waals surface area contributed by atoms with Gasteiger partial charge < -0.3 is 19.1 Å². The first kappa shape index (κ1) is 18.3. The van der Waals surface area contributed by atoms with Crippen molar-refractivity contribution in [2.45, 2.75) is 13.0 Å². The Balaban J connectivity index is 1.25. The summed E-state index contributed by atoms with van der Waals surface area (Å²) in [4.78, 5) is 22.7. The van der Waals surface area contributed by atoms with E-state index in [1.54, 1.807) is 30.6 Å². The van der Waals surface area contributed by atoms with Gasteiger partial charge in [-0.25, -0.2) is 0 Å². The molecule has 0 aliphatic carbocycles. The van der Waals surface area contributed by atoms with Crippen molar-refractivity contribution >= 4 is 5.91 Å². The number of hydrogen-bond acceptors (Lipinski definition) is 9. The van der Waals surface area contributed by atoms with E-state index in [2.05, 4.69) is 30.5 Å². The van der Waals surface area contributed by atoms with Gasteiger partial charge in [-0.15, -0.1) is 0 Å². The van der Waals surface area contributed by atoms with Gasteiger partial charge in [0, 0.05) is 50.1 Å². The molecule has 10 heteroatoms. The average molecular weight is 384 g/mol. The van der Waals surface area contributed by atoms with Crippen LogP contribution in [-0.4, -0.2) is 63.9 Å². The third-order valence-corrected chi connectivity index (χ3v) is 4.30. The number of ether oxygens (including phenoxy) is 1. The molecule has 0 radical (unpaired) electrons. The highest BCUT2D eigenvalue weighted by Crippen LogP contribution is 2.15. The summed E-state index contributed by atoms with van der Waals surface area (Å²) in [5.41, 5.74) is 1.06. The Morgan fingerprint density at radius 3 is 2.79 bits per heavy atom. The molecule has 1 amide bonds. The lowest BCUT2D eigenvalue weighted by Gasteiger charge is -2.25. The average Bonchev–Trinajstić information content (AvgIpc) is 3.39. The number of aromatic nitrogens is 4. The lowest BCUT2D eigenvalue weighted by atomic mass is 10.3. The molecule has 3 aromatic rings. The molecular weight excluding hydrogens is 364 g/mol. The molecule has 3 aromatic heterocycles. The first-order valence-corrected chi connectivity index (χ1v) is 9.05. The molecule has 1 saturated heterocycles. The maximum atomic E-state index is 12.2. The molecule has 146 valence electrons. The van der Waals surface area contributed by atoms with E-state index in [4.69, 9.17) is 13.8 Å². The van der Waals surface area contributed by atoms with Crippen LogP contribution in [0.3, 0.4) is 0 Å². The topological polar surface area (TPSA) is 119 Å². The number of morpholine rings is 1. The predicted molar refractivity (Wildman–Crippen MR) is 96.2 cm³/mol. The van der Waals surface area contributed by atoms with Gasteiger partial charge in [0.25, 0.3) is 11.8 Å². The fraction of sp³-hybridized carbons (Fsp3) is 0.389. The lowest BCUT2D eigenvalue weighted by molar-refractivity contribution is 0.0305. The monoisotopic (exact) mass is 384 g/mol. The van der Waals surface area contributed by atoms with Crippen molar-refractivity contribution < 1.29 is 18.6 Å². The Kier molecular flexibility index (Phi) is 5.69. The first-order valence-electron chi connectivity index (χ1n) is 9.05. The minimum atomic E-state index is -0.296. The van der Waals surface area contributed by atoms with Gasteiger partial charge in [-0.2, -0.15) is 4.98 Å². The van der Waals surface area contributed by atoms with Gasteiger partial charge >= 0.3 is 0 Å². The molecule has 0 atom stereocenters. The minimum absolute atomic E-state index is 0.258. The summed E-state index contributed by atoms with van der Waals surface area (Å²) < 4.78 is 15.8. The van der Waals surface area contributed by atoms with E-state index >= 15 is 0 Å². The fourth-order valence-corrected chi connectivity index (χ4v) is 2.82. The van der Waals surface area contributed by atoms with Crippen LogP contribution >= 0.6 is 0 Å². The smallest absolute Gasteiger partial charge is 0.273 e. The highest BCUT2D eigenvalue weighted by molar-refractivity contribution is 5.92. The Morgan fingerprint density at radius 1 is 1.14 bits per heavy atom. The second-order valence-electron chi connectivity index (χ2n) is 6.32. The summed E-state index contributed by atoms with van der Waals surface area (Å²) in [6.07, 6.45) is 3.76. The van der Waals surface area contributed by atoms with E-state index in [0.29, 0.717) is 50.2 Å². The van der Waals surface area contributed by atoms with Crippen LogP contribution < -0.4 is 5.32 Å². The number of carbonyl (C=O) groups excluding carboxylic acids is 1. The SMILES string of the molecule is O=C(NCCc1noc(-c2ccncc2)n1)c1cc(CN2CCOCC2)on1. The highest BCUT2D eigenvalue weighted by atomic mass is 16.5. The Bertz CT molecular complexity index is 904. The van der Waals surface area contributed by atoms with Crippen LogP contribution in [0.25, 0.3) is 11.5 Å². The largest absolute Gasteiger partial charge is 0.379 e. The van der Waals surface area contributed by atoms with Gasteiger partial charge in [0.15, 0.2) is 17.3 Å². The molecule has 10 nitrogen and oxygen atoms in total. The molecule has 0 unspecified atom stereocenters. The molecule has 0 spiro atoms. The van der Waals surface area contributed by atoms with Gasteiger partial charge in [0.1, 0.15) is 0 Å². The van der Waals surface area contributed by atoms with Crippen LogP contribution in [0.1, 0.15) is 22.1 Å². The van der Waals surface area contributed by atoms with Crippen molar-refractivity contribution in [3.05, 3.63) is 47.9 Å². The molecule has 4 rings (SSSR count). The van der Waals surface area contributed by atoms with E-state index in [-0.39, 0.29) is 11.6 Å². The minimum Gasteiger partial charge on any atom is -0.379 e. The van der Waals surface area contributed by atoms with E-state index < -0.39 is 0 Å². The highest BCUT2D eigenvalue weighted by Gasteiger charge is 2.17. The first-order chi connectivity index (χ1) is 13.8. The van der Waals surface area contributed by atoms with Crippen molar-refractivity contribution in [2.24, 2.45) is 0 Å². The van der Waals surface area contributed by atoms with Gasteiger partial charge in [0.05, 0.1) is 19.8 Å². The number of nitrogens with one attached hydrogen (secondary N) is 1. The third kappa shape index (κ3) is 4.59. The number of hydrogen-bond donors (Lipinski definition) is 1. The van der Waals surface area contributed by atoms with Crippen molar-refractivity contribution in [2.75, 3.05) is 32.8 Å². The zero-order chi connectivity index (χ0) is 19.2. The number of nitrogens with zero attached hydrogens (tertiary/aromatic N) is 5. The molecule has 0 aromatic carbocycles. The van der Waals surface area contributed by atoms with Gasteiger partial charge in [-0.05, 0) is 12.1 Å². The van der Waals surface area contributed by atoms with Crippen LogP contribution in [-0.2, 0) is 17.7 Å². The maximum absolute atomic E-state index is 12.2. The number of amides is 1.